The first-order valence-corrected chi connectivity index (χ1v) is 7.84. The maximum Gasteiger partial charge on any atom is 0.0208 e. The Morgan fingerprint density at radius 2 is 1.81 bits per heavy atom. The molecular weight excluding hydrogens is 256 g/mol. The third-order valence-corrected chi connectivity index (χ3v) is 4.36. The average molecular weight is 280 g/mol. The van der Waals surface area contributed by atoms with Gasteiger partial charge in [-0.05, 0) is 30.2 Å². The number of hydrogen-bond acceptors (Lipinski definition) is 2. The van der Waals surface area contributed by atoms with Gasteiger partial charge < -0.3 is 10.2 Å². The minimum atomic E-state index is 0.607. The van der Waals surface area contributed by atoms with Crippen LogP contribution in [0.3, 0.4) is 0 Å². The molecule has 0 saturated heterocycles. The van der Waals surface area contributed by atoms with Gasteiger partial charge in [-0.2, -0.15) is 0 Å². The van der Waals surface area contributed by atoms with E-state index in [0.29, 0.717) is 5.92 Å². The molecule has 0 amide bonds. The summed E-state index contributed by atoms with van der Waals surface area (Å²) in [5, 5.41) is 3.54. The van der Waals surface area contributed by atoms with Crippen LogP contribution >= 0.6 is 0 Å². The van der Waals surface area contributed by atoms with E-state index in [1.54, 1.807) is 0 Å². The van der Waals surface area contributed by atoms with Crippen molar-refractivity contribution in [1.82, 2.24) is 10.2 Å². The van der Waals surface area contributed by atoms with Gasteiger partial charge in [-0.15, -0.1) is 0 Å². The summed E-state index contributed by atoms with van der Waals surface area (Å²) in [6, 6.07) is 19.6. The van der Waals surface area contributed by atoms with E-state index in [1.165, 1.54) is 16.7 Å². The summed E-state index contributed by atoms with van der Waals surface area (Å²) < 4.78 is 0. The molecule has 1 heterocycles. The number of benzene rings is 2. The van der Waals surface area contributed by atoms with E-state index < -0.39 is 0 Å². The Labute approximate surface area is 127 Å². The molecule has 1 aliphatic heterocycles. The zero-order valence-corrected chi connectivity index (χ0v) is 12.8. The second-order valence-electron chi connectivity index (χ2n) is 6.02. The molecule has 1 aliphatic rings. The minimum absolute atomic E-state index is 0.607. The zero-order chi connectivity index (χ0) is 14.5. The van der Waals surface area contributed by atoms with Gasteiger partial charge in [-0.1, -0.05) is 54.6 Å². The van der Waals surface area contributed by atoms with Crippen LogP contribution < -0.4 is 5.32 Å². The van der Waals surface area contributed by atoms with Crippen LogP contribution in [0.1, 0.15) is 22.6 Å². The van der Waals surface area contributed by atoms with Gasteiger partial charge in [0.1, 0.15) is 0 Å². The van der Waals surface area contributed by atoms with Crippen molar-refractivity contribution in [1.29, 1.82) is 0 Å². The van der Waals surface area contributed by atoms with E-state index in [-0.39, 0.29) is 0 Å². The molecule has 21 heavy (non-hydrogen) atoms. The highest BCUT2D eigenvalue weighted by Crippen LogP contribution is 2.24. The Balaban J connectivity index is 1.57. The van der Waals surface area contributed by atoms with Crippen molar-refractivity contribution in [3.8, 4) is 0 Å². The molecule has 1 N–H and O–H groups in total. The molecule has 1 unspecified atom stereocenters. The first-order chi connectivity index (χ1) is 10.3. The Kier molecular flexibility index (Phi) is 4.69. The lowest BCUT2D eigenvalue weighted by Gasteiger charge is -2.30. The summed E-state index contributed by atoms with van der Waals surface area (Å²) in [6.07, 6.45) is 1.12. The van der Waals surface area contributed by atoms with Crippen LogP contribution in [0.4, 0.5) is 0 Å². The fraction of sp³-hybridized carbons (Fsp3) is 0.368. The third-order valence-electron chi connectivity index (χ3n) is 4.36. The van der Waals surface area contributed by atoms with Crippen LogP contribution in [0.15, 0.2) is 54.6 Å². The van der Waals surface area contributed by atoms with Crippen LogP contribution in [0.25, 0.3) is 0 Å². The minimum Gasteiger partial charge on any atom is -0.312 e. The summed E-state index contributed by atoms with van der Waals surface area (Å²) >= 11 is 0. The summed E-state index contributed by atoms with van der Waals surface area (Å²) in [7, 11) is 2.24. The number of fused-ring (bicyclic) bond motifs is 1. The third kappa shape index (κ3) is 3.72. The smallest absolute Gasteiger partial charge is 0.0208 e. The molecule has 1 atom stereocenters. The number of nitrogens with zero attached hydrogens (tertiary/aromatic N) is 1. The molecule has 110 valence electrons. The summed E-state index contributed by atoms with van der Waals surface area (Å²) in [4.78, 5) is 2.46. The molecule has 0 radical (unpaired) electrons. The van der Waals surface area contributed by atoms with Crippen LogP contribution in [0.2, 0.25) is 0 Å². The standard InChI is InChI=1S/C19H24N2/c1-21(12-11-16-7-3-2-4-8-16)15-18-14-20-13-17-9-5-6-10-19(17)18/h2-10,18,20H,11-15H2,1H3. The summed E-state index contributed by atoms with van der Waals surface area (Å²) in [6.45, 7) is 4.34. The lowest BCUT2D eigenvalue weighted by Crippen LogP contribution is -2.36. The zero-order valence-electron chi connectivity index (χ0n) is 12.8. The van der Waals surface area contributed by atoms with Crippen molar-refractivity contribution in [3.05, 3.63) is 71.3 Å². The quantitative estimate of drug-likeness (QED) is 0.905. The lowest BCUT2D eigenvalue weighted by atomic mass is 9.90. The van der Waals surface area contributed by atoms with Crippen molar-refractivity contribution in [2.24, 2.45) is 0 Å². The van der Waals surface area contributed by atoms with E-state index in [4.69, 9.17) is 0 Å². The maximum absolute atomic E-state index is 3.54. The van der Waals surface area contributed by atoms with Crippen molar-refractivity contribution >= 4 is 0 Å². The van der Waals surface area contributed by atoms with Gasteiger partial charge in [0, 0.05) is 32.1 Å². The maximum atomic E-state index is 3.54. The van der Waals surface area contributed by atoms with Crippen molar-refractivity contribution in [2.75, 3.05) is 26.7 Å². The fourth-order valence-electron chi connectivity index (χ4n) is 3.18. The van der Waals surface area contributed by atoms with E-state index in [0.717, 1.165) is 32.6 Å². The molecule has 0 spiro atoms. The van der Waals surface area contributed by atoms with E-state index >= 15 is 0 Å². The summed E-state index contributed by atoms with van der Waals surface area (Å²) in [5.74, 6) is 0.607. The number of likely N-dealkylation sites (N-methyl/N-ethyl adjacent to an activating group) is 1. The summed E-state index contributed by atoms with van der Waals surface area (Å²) in [5.41, 5.74) is 4.42. The molecule has 2 aromatic carbocycles. The number of nitrogens with one attached hydrogen (secondary N) is 1. The Bertz CT molecular complexity index is 565. The fourth-order valence-corrected chi connectivity index (χ4v) is 3.18. The van der Waals surface area contributed by atoms with E-state index in [2.05, 4.69) is 71.9 Å². The first-order valence-electron chi connectivity index (χ1n) is 7.84. The Hall–Kier alpha value is -1.64. The van der Waals surface area contributed by atoms with Gasteiger partial charge in [0.15, 0.2) is 0 Å². The first kappa shape index (κ1) is 14.3. The molecule has 2 aromatic rings. The van der Waals surface area contributed by atoms with Gasteiger partial charge in [0.05, 0.1) is 0 Å². The monoisotopic (exact) mass is 280 g/mol. The van der Waals surface area contributed by atoms with Crippen LogP contribution in [-0.4, -0.2) is 31.6 Å². The molecule has 0 saturated carbocycles. The average Bonchev–Trinajstić information content (AvgIpc) is 2.54. The molecule has 3 rings (SSSR count). The van der Waals surface area contributed by atoms with Crippen molar-refractivity contribution < 1.29 is 0 Å². The van der Waals surface area contributed by atoms with Crippen LogP contribution in [0, 0.1) is 0 Å². The molecule has 0 aliphatic carbocycles. The number of hydrogen-bond donors (Lipinski definition) is 1. The van der Waals surface area contributed by atoms with Gasteiger partial charge >= 0.3 is 0 Å². The Morgan fingerprint density at radius 1 is 1.05 bits per heavy atom. The highest BCUT2D eigenvalue weighted by atomic mass is 15.1. The van der Waals surface area contributed by atoms with Crippen molar-refractivity contribution in [3.63, 3.8) is 0 Å². The van der Waals surface area contributed by atoms with Crippen LogP contribution in [0.5, 0.6) is 0 Å². The second kappa shape index (κ2) is 6.88. The highest BCUT2D eigenvalue weighted by molar-refractivity contribution is 5.32. The highest BCUT2D eigenvalue weighted by Gasteiger charge is 2.20. The van der Waals surface area contributed by atoms with Crippen LogP contribution in [-0.2, 0) is 13.0 Å². The second-order valence-corrected chi connectivity index (χ2v) is 6.02. The largest absolute Gasteiger partial charge is 0.312 e. The van der Waals surface area contributed by atoms with Gasteiger partial charge in [0.2, 0.25) is 0 Å². The topological polar surface area (TPSA) is 15.3 Å². The molecule has 0 aromatic heterocycles. The van der Waals surface area contributed by atoms with E-state index in [9.17, 15) is 0 Å². The number of rotatable bonds is 5. The SMILES string of the molecule is CN(CCc1ccccc1)CC1CNCc2ccccc21. The normalized spacial score (nSPS) is 17.7. The molecule has 2 heteroatoms. The van der Waals surface area contributed by atoms with E-state index in [1.807, 2.05) is 0 Å². The molecule has 0 fully saturated rings. The molecule has 2 nitrogen and oxygen atoms in total. The Morgan fingerprint density at radius 3 is 2.67 bits per heavy atom. The van der Waals surface area contributed by atoms with Gasteiger partial charge in [-0.25, -0.2) is 0 Å². The molecule has 0 bridgehead atoms. The predicted octanol–water partition coefficient (Wildman–Crippen LogP) is 3.05. The lowest BCUT2D eigenvalue weighted by molar-refractivity contribution is 0.304. The van der Waals surface area contributed by atoms with Gasteiger partial charge in [0.25, 0.3) is 0 Å². The molecular formula is C19H24N2. The predicted molar refractivity (Wildman–Crippen MR) is 88.5 cm³/mol. The van der Waals surface area contributed by atoms with Crippen molar-refractivity contribution in [2.45, 2.75) is 18.9 Å². The van der Waals surface area contributed by atoms with Gasteiger partial charge in [-0.3, -0.25) is 0 Å².